The molecule has 2 bridgehead atoms. The number of hydrogen-bond donors (Lipinski definition) is 2. The standard InChI is InChI=1S/C11H19NO3/c1-12-4-8-2-7(11(14)15)3-9(5-12)10(8)6-13/h7-10,13H,2-6H2,1H3,(H,14,15). The number of carbonyl (C=O) groups is 1. The van der Waals surface area contributed by atoms with Crippen LogP contribution < -0.4 is 0 Å². The topological polar surface area (TPSA) is 60.8 Å². The number of carboxylic acids is 1. The van der Waals surface area contributed by atoms with E-state index in [1.165, 1.54) is 0 Å². The predicted molar refractivity (Wildman–Crippen MR) is 55.4 cm³/mol. The number of likely N-dealkylation sites (tertiary alicyclic amines) is 1. The van der Waals surface area contributed by atoms with Crippen LogP contribution in [-0.4, -0.2) is 47.8 Å². The van der Waals surface area contributed by atoms with Crippen molar-refractivity contribution in [1.82, 2.24) is 4.90 Å². The molecule has 2 aliphatic rings. The molecule has 2 N–H and O–H groups in total. The molecule has 4 nitrogen and oxygen atoms in total. The second-order valence-corrected chi connectivity index (χ2v) is 5.09. The van der Waals surface area contributed by atoms with Crippen LogP contribution in [0.3, 0.4) is 0 Å². The number of aliphatic hydroxyl groups is 1. The van der Waals surface area contributed by atoms with E-state index in [-0.39, 0.29) is 12.5 Å². The summed E-state index contributed by atoms with van der Waals surface area (Å²) >= 11 is 0. The van der Waals surface area contributed by atoms with Gasteiger partial charge in [-0.2, -0.15) is 0 Å². The van der Waals surface area contributed by atoms with E-state index in [4.69, 9.17) is 5.11 Å². The van der Waals surface area contributed by atoms with E-state index in [1.807, 2.05) is 0 Å². The van der Waals surface area contributed by atoms with E-state index in [1.54, 1.807) is 0 Å². The van der Waals surface area contributed by atoms with E-state index in [0.29, 0.717) is 17.8 Å². The average molecular weight is 213 g/mol. The first-order valence-electron chi connectivity index (χ1n) is 5.64. The number of carboxylic acid groups (broad SMARTS) is 1. The summed E-state index contributed by atoms with van der Waals surface area (Å²) in [6, 6.07) is 0. The summed E-state index contributed by atoms with van der Waals surface area (Å²) in [7, 11) is 2.08. The van der Waals surface area contributed by atoms with E-state index in [2.05, 4.69) is 11.9 Å². The van der Waals surface area contributed by atoms with Gasteiger partial charge in [-0.3, -0.25) is 4.79 Å². The molecule has 0 aromatic carbocycles. The van der Waals surface area contributed by atoms with E-state index < -0.39 is 5.97 Å². The van der Waals surface area contributed by atoms with Gasteiger partial charge in [0.05, 0.1) is 5.92 Å². The fourth-order valence-electron chi connectivity index (χ4n) is 3.36. The summed E-state index contributed by atoms with van der Waals surface area (Å²) in [6.07, 6.45) is 1.48. The van der Waals surface area contributed by atoms with Crippen LogP contribution in [0.1, 0.15) is 12.8 Å². The second-order valence-electron chi connectivity index (χ2n) is 5.09. The molecule has 0 amide bonds. The number of piperidine rings is 1. The lowest BCUT2D eigenvalue weighted by atomic mass is 9.65. The number of nitrogens with zero attached hydrogens (tertiary/aromatic N) is 1. The highest BCUT2D eigenvalue weighted by Crippen LogP contribution is 2.41. The third-order valence-corrected chi connectivity index (χ3v) is 4.04. The zero-order valence-electron chi connectivity index (χ0n) is 9.09. The van der Waals surface area contributed by atoms with Crippen molar-refractivity contribution in [3.05, 3.63) is 0 Å². The van der Waals surface area contributed by atoms with Crippen LogP contribution in [0.4, 0.5) is 0 Å². The van der Waals surface area contributed by atoms with Gasteiger partial charge < -0.3 is 15.1 Å². The van der Waals surface area contributed by atoms with Crippen LogP contribution in [0.25, 0.3) is 0 Å². The molecule has 1 saturated heterocycles. The van der Waals surface area contributed by atoms with Crippen molar-refractivity contribution >= 4 is 5.97 Å². The van der Waals surface area contributed by atoms with E-state index in [9.17, 15) is 9.90 Å². The van der Waals surface area contributed by atoms with E-state index in [0.717, 1.165) is 25.9 Å². The molecule has 0 radical (unpaired) electrons. The second kappa shape index (κ2) is 4.10. The molecule has 1 heterocycles. The van der Waals surface area contributed by atoms with Gasteiger partial charge in [0, 0.05) is 19.7 Å². The van der Waals surface area contributed by atoms with Gasteiger partial charge in [-0.1, -0.05) is 0 Å². The van der Waals surface area contributed by atoms with Crippen molar-refractivity contribution in [3.8, 4) is 0 Å². The molecule has 0 aromatic heterocycles. The summed E-state index contributed by atoms with van der Waals surface area (Å²) < 4.78 is 0. The fourth-order valence-corrected chi connectivity index (χ4v) is 3.36. The Labute approximate surface area is 89.9 Å². The first-order chi connectivity index (χ1) is 7.11. The lowest BCUT2D eigenvalue weighted by Gasteiger charge is -2.47. The Morgan fingerprint density at radius 1 is 1.33 bits per heavy atom. The van der Waals surface area contributed by atoms with Crippen molar-refractivity contribution in [2.24, 2.45) is 23.7 Å². The predicted octanol–water partition coefficient (Wildman–Crippen LogP) is 0.267. The highest BCUT2D eigenvalue weighted by molar-refractivity contribution is 5.70. The molecule has 2 unspecified atom stereocenters. The highest BCUT2D eigenvalue weighted by atomic mass is 16.4. The van der Waals surface area contributed by atoms with Crippen molar-refractivity contribution < 1.29 is 15.0 Å². The Kier molecular flexibility index (Phi) is 2.98. The zero-order chi connectivity index (χ0) is 11.0. The average Bonchev–Trinajstić information content (AvgIpc) is 2.15. The Morgan fingerprint density at radius 2 is 1.87 bits per heavy atom. The zero-order valence-corrected chi connectivity index (χ0v) is 9.09. The van der Waals surface area contributed by atoms with Crippen molar-refractivity contribution in [2.75, 3.05) is 26.7 Å². The lowest BCUT2D eigenvalue weighted by molar-refractivity contribution is -0.147. The van der Waals surface area contributed by atoms with Crippen molar-refractivity contribution in [1.29, 1.82) is 0 Å². The SMILES string of the molecule is CN1CC2CC(C(=O)O)CC(C1)C2CO. The highest BCUT2D eigenvalue weighted by Gasteiger charge is 2.43. The third kappa shape index (κ3) is 2.01. The molecule has 4 heteroatoms. The monoisotopic (exact) mass is 213 g/mol. The normalized spacial score (nSPS) is 41.5. The minimum Gasteiger partial charge on any atom is -0.481 e. The number of aliphatic carboxylic acids is 1. The largest absolute Gasteiger partial charge is 0.481 e. The molecule has 1 saturated carbocycles. The van der Waals surface area contributed by atoms with Gasteiger partial charge >= 0.3 is 5.97 Å². The molecule has 0 spiro atoms. The maximum absolute atomic E-state index is 11.0. The maximum atomic E-state index is 11.0. The minimum atomic E-state index is -0.661. The molecule has 1 aliphatic heterocycles. The molecule has 2 atom stereocenters. The molecule has 0 aromatic rings. The maximum Gasteiger partial charge on any atom is 0.306 e. The summed E-state index contributed by atoms with van der Waals surface area (Å²) in [5, 5.41) is 18.4. The number of rotatable bonds is 2. The number of fused-ring (bicyclic) bond motifs is 2. The quantitative estimate of drug-likeness (QED) is 0.691. The van der Waals surface area contributed by atoms with Gasteiger partial charge in [-0.15, -0.1) is 0 Å². The van der Waals surface area contributed by atoms with E-state index >= 15 is 0 Å². The molecular weight excluding hydrogens is 194 g/mol. The Bertz CT molecular complexity index is 240. The van der Waals surface area contributed by atoms with Crippen LogP contribution >= 0.6 is 0 Å². The molecule has 2 fully saturated rings. The van der Waals surface area contributed by atoms with Gasteiger partial charge in [0.1, 0.15) is 0 Å². The van der Waals surface area contributed by atoms with Gasteiger partial charge in [0.15, 0.2) is 0 Å². The van der Waals surface area contributed by atoms with Gasteiger partial charge in [-0.25, -0.2) is 0 Å². The van der Waals surface area contributed by atoms with Gasteiger partial charge in [0.25, 0.3) is 0 Å². The fraction of sp³-hybridized carbons (Fsp3) is 0.909. The van der Waals surface area contributed by atoms with Crippen molar-refractivity contribution in [3.63, 3.8) is 0 Å². The summed E-state index contributed by atoms with van der Waals surface area (Å²) in [4.78, 5) is 13.2. The Balaban J connectivity index is 2.10. The molecule has 1 aliphatic carbocycles. The van der Waals surface area contributed by atoms with Crippen LogP contribution in [0.5, 0.6) is 0 Å². The summed E-state index contributed by atoms with van der Waals surface area (Å²) in [5.41, 5.74) is 0. The first-order valence-corrected chi connectivity index (χ1v) is 5.64. The molecule has 86 valence electrons. The number of hydrogen-bond acceptors (Lipinski definition) is 3. The Hall–Kier alpha value is -0.610. The summed E-state index contributed by atoms with van der Waals surface area (Å²) in [5.74, 6) is 0.224. The van der Waals surface area contributed by atoms with Crippen molar-refractivity contribution in [2.45, 2.75) is 12.8 Å². The van der Waals surface area contributed by atoms with Gasteiger partial charge in [-0.05, 0) is 37.6 Å². The third-order valence-electron chi connectivity index (χ3n) is 4.04. The Morgan fingerprint density at radius 3 is 2.27 bits per heavy atom. The smallest absolute Gasteiger partial charge is 0.306 e. The first kappa shape index (κ1) is 10.9. The molecule has 15 heavy (non-hydrogen) atoms. The lowest BCUT2D eigenvalue weighted by Crippen LogP contribution is -2.51. The van der Waals surface area contributed by atoms with Crippen LogP contribution in [0.2, 0.25) is 0 Å². The minimum absolute atomic E-state index is 0.184. The van der Waals surface area contributed by atoms with Crippen LogP contribution in [0, 0.1) is 23.7 Å². The van der Waals surface area contributed by atoms with Crippen LogP contribution in [0.15, 0.2) is 0 Å². The molecular formula is C11H19NO3. The molecule has 2 rings (SSSR count). The van der Waals surface area contributed by atoms with Gasteiger partial charge in [0.2, 0.25) is 0 Å². The summed E-state index contributed by atoms with van der Waals surface area (Å²) in [6.45, 7) is 2.09. The number of aliphatic hydroxyl groups excluding tert-OH is 1. The van der Waals surface area contributed by atoms with Crippen LogP contribution in [-0.2, 0) is 4.79 Å².